The molecule has 1 heterocycles. The molecule has 2 amide bonds. The number of thiazole rings is 1. The van der Waals surface area contributed by atoms with Crippen molar-refractivity contribution in [3.8, 4) is 16.3 Å². The van der Waals surface area contributed by atoms with E-state index >= 15 is 0 Å². The topological polar surface area (TPSA) is 80.3 Å². The largest absolute Gasteiger partial charge is 0.497 e. The fourth-order valence-corrected chi connectivity index (χ4v) is 3.27. The van der Waals surface area contributed by atoms with Crippen LogP contribution in [0.2, 0.25) is 0 Å². The maximum atomic E-state index is 13.3. The maximum absolute atomic E-state index is 13.3. The van der Waals surface area contributed by atoms with Gasteiger partial charge in [-0.1, -0.05) is 12.1 Å². The lowest BCUT2D eigenvalue weighted by Gasteiger charge is -2.06. The van der Waals surface area contributed by atoms with E-state index in [1.165, 1.54) is 23.5 Å². The summed E-state index contributed by atoms with van der Waals surface area (Å²) in [6.45, 7) is 0.265. The van der Waals surface area contributed by atoms with E-state index in [9.17, 15) is 14.0 Å². The standard InChI is InChI=1S/C20H18FN3O3S/c1-27-17-7-5-15(6-8-17)23-19(26)18(25)22-10-9-16-12-28-20(24-16)13-3-2-4-14(21)11-13/h2-8,11-12H,9-10H2,1H3,(H,22,25)(H,23,26). The molecular weight excluding hydrogens is 381 g/mol. The number of hydrogen-bond acceptors (Lipinski definition) is 5. The molecule has 1 aromatic heterocycles. The zero-order chi connectivity index (χ0) is 19.9. The second-order valence-corrected chi connectivity index (χ2v) is 6.70. The molecule has 0 saturated carbocycles. The molecule has 0 aliphatic carbocycles. The first kappa shape index (κ1) is 19.5. The Morgan fingerprint density at radius 2 is 1.93 bits per heavy atom. The van der Waals surface area contributed by atoms with E-state index in [0.29, 0.717) is 28.4 Å². The summed E-state index contributed by atoms with van der Waals surface area (Å²) in [5, 5.41) is 7.64. The molecule has 3 aromatic rings. The fraction of sp³-hybridized carbons (Fsp3) is 0.150. The third kappa shape index (κ3) is 5.14. The first-order valence-corrected chi connectivity index (χ1v) is 9.36. The molecule has 6 nitrogen and oxygen atoms in total. The Morgan fingerprint density at radius 1 is 1.14 bits per heavy atom. The summed E-state index contributed by atoms with van der Waals surface area (Å²) in [6.07, 6.45) is 0.466. The number of nitrogens with one attached hydrogen (secondary N) is 2. The monoisotopic (exact) mass is 399 g/mol. The molecule has 0 bridgehead atoms. The van der Waals surface area contributed by atoms with Gasteiger partial charge in [0.15, 0.2) is 0 Å². The minimum atomic E-state index is -0.746. The summed E-state index contributed by atoms with van der Waals surface area (Å²) < 4.78 is 18.3. The van der Waals surface area contributed by atoms with Gasteiger partial charge in [-0.15, -0.1) is 11.3 Å². The van der Waals surface area contributed by atoms with Gasteiger partial charge in [0.25, 0.3) is 0 Å². The lowest BCUT2D eigenvalue weighted by atomic mass is 10.2. The van der Waals surface area contributed by atoms with Gasteiger partial charge >= 0.3 is 11.8 Å². The van der Waals surface area contributed by atoms with Crippen molar-refractivity contribution in [2.75, 3.05) is 19.0 Å². The summed E-state index contributed by atoms with van der Waals surface area (Å²) in [5.41, 5.74) is 1.97. The van der Waals surface area contributed by atoms with Crippen LogP contribution in [-0.4, -0.2) is 30.5 Å². The Kier molecular flexibility index (Phi) is 6.33. The number of hydrogen-bond donors (Lipinski definition) is 2. The fourth-order valence-electron chi connectivity index (χ4n) is 2.42. The van der Waals surface area contributed by atoms with Crippen molar-refractivity contribution in [1.29, 1.82) is 0 Å². The zero-order valence-corrected chi connectivity index (χ0v) is 15.9. The predicted octanol–water partition coefficient (Wildman–Crippen LogP) is 3.26. The minimum Gasteiger partial charge on any atom is -0.497 e. The molecule has 0 unspecified atom stereocenters. The molecule has 0 aliphatic heterocycles. The van der Waals surface area contributed by atoms with Gasteiger partial charge in [0.05, 0.1) is 12.8 Å². The van der Waals surface area contributed by atoms with Crippen molar-refractivity contribution in [2.45, 2.75) is 6.42 Å². The quantitative estimate of drug-likeness (QED) is 0.624. The molecule has 0 saturated heterocycles. The number of benzene rings is 2. The van der Waals surface area contributed by atoms with E-state index in [-0.39, 0.29) is 12.4 Å². The van der Waals surface area contributed by atoms with Crippen molar-refractivity contribution in [2.24, 2.45) is 0 Å². The predicted molar refractivity (Wildman–Crippen MR) is 106 cm³/mol. The van der Waals surface area contributed by atoms with Crippen LogP contribution in [0.15, 0.2) is 53.9 Å². The van der Waals surface area contributed by atoms with Gasteiger partial charge in [-0.2, -0.15) is 0 Å². The zero-order valence-electron chi connectivity index (χ0n) is 15.1. The number of methoxy groups -OCH3 is 1. The average molecular weight is 399 g/mol. The lowest BCUT2D eigenvalue weighted by Crippen LogP contribution is -2.36. The van der Waals surface area contributed by atoms with Crippen LogP contribution < -0.4 is 15.4 Å². The molecule has 0 spiro atoms. The smallest absolute Gasteiger partial charge is 0.313 e. The van der Waals surface area contributed by atoms with Crippen LogP contribution in [0.1, 0.15) is 5.69 Å². The van der Waals surface area contributed by atoms with Crippen LogP contribution in [0, 0.1) is 5.82 Å². The van der Waals surface area contributed by atoms with Gasteiger partial charge in [0.1, 0.15) is 16.6 Å². The molecule has 28 heavy (non-hydrogen) atoms. The summed E-state index contributed by atoms with van der Waals surface area (Å²) in [6, 6.07) is 12.9. The molecule has 8 heteroatoms. The number of rotatable bonds is 6. The lowest BCUT2D eigenvalue weighted by molar-refractivity contribution is -0.136. The molecule has 144 valence electrons. The summed E-state index contributed by atoms with van der Waals surface area (Å²) in [5.74, 6) is -1.13. The van der Waals surface area contributed by atoms with Crippen molar-refractivity contribution in [1.82, 2.24) is 10.3 Å². The number of halogens is 1. The Bertz CT molecular complexity index is 973. The van der Waals surface area contributed by atoms with Crippen molar-refractivity contribution in [3.05, 3.63) is 65.4 Å². The van der Waals surface area contributed by atoms with Crippen LogP contribution in [0.5, 0.6) is 5.75 Å². The van der Waals surface area contributed by atoms with Gasteiger partial charge in [-0.3, -0.25) is 9.59 Å². The van der Waals surface area contributed by atoms with E-state index in [1.807, 2.05) is 5.38 Å². The Hall–Kier alpha value is -3.26. The normalized spacial score (nSPS) is 10.4. The highest BCUT2D eigenvalue weighted by molar-refractivity contribution is 7.13. The van der Waals surface area contributed by atoms with Gasteiger partial charge in [0, 0.05) is 29.6 Å². The second kappa shape index (κ2) is 9.09. The SMILES string of the molecule is COc1ccc(NC(=O)C(=O)NCCc2csc(-c3cccc(F)c3)n2)cc1. The van der Waals surface area contributed by atoms with Gasteiger partial charge < -0.3 is 15.4 Å². The van der Waals surface area contributed by atoms with Crippen LogP contribution in [0.4, 0.5) is 10.1 Å². The highest BCUT2D eigenvalue weighted by Gasteiger charge is 2.13. The molecular formula is C20H18FN3O3S. The Balaban J connectivity index is 1.47. The summed E-state index contributed by atoms with van der Waals surface area (Å²) >= 11 is 1.40. The van der Waals surface area contributed by atoms with E-state index in [0.717, 1.165) is 5.69 Å². The van der Waals surface area contributed by atoms with Crippen LogP contribution in [0.3, 0.4) is 0 Å². The molecule has 0 aliphatic rings. The average Bonchev–Trinajstić information content (AvgIpc) is 3.17. The molecule has 3 rings (SSSR count). The highest BCUT2D eigenvalue weighted by Crippen LogP contribution is 2.24. The number of aromatic nitrogens is 1. The third-order valence-electron chi connectivity index (χ3n) is 3.84. The van der Waals surface area contributed by atoms with Crippen LogP contribution in [0.25, 0.3) is 10.6 Å². The number of carbonyl (C=O) groups excluding carboxylic acids is 2. The van der Waals surface area contributed by atoms with Gasteiger partial charge in [-0.05, 0) is 36.4 Å². The van der Waals surface area contributed by atoms with Crippen LogP contribution >= 0.6 is 11.3 Å². The Labute approximate surface area is 165 Å². The van der Waals surface area contributed by atoms with E-state index in [2.05, 4.69) is 15.6 Å². The van der Waals surface area contributed by atoms with E-state index < -0.39 is 11.8 Å². The molecule has 2 N–H and O–H groups in total. The van der Waals surface area contributed by atoms with E-state index in [1.54, 1.807) is 43.5 Å². The molecule has 2 aromatic carbocycles. The first-order chi connectivity index (χ1) is 13.5. The number of nitrogens with zero attached hydrogens (tertiary/aromatic N) is 1. The van der Waals surface area contributed by atoms with E-state index in [4.69, 9.17) is 4.74 Å². The molecule has 0 radical (unpaired) electrons. The number of carbonyl (C=O) groups is 2. The maximum Gasteiger partial charge on any atom is 0.313 e. The molecule has 0 fully saturated rings. The van der Waals surface area contributed by atoms with Crippen molar-refractivity contribution >= 4 is 28.8 Å². The number of ether oxygens (including phenoxy) is 1. The van der Waals surface area contributed by atoms with Crippen molar-refractivity contribution in [3.63, 3.8) is 0 Å². The van der Waals surface area contributed by atoms with Gasteiger partial charge in [-0.25, -0.2) is 9.37 Å². The molecule has 0 atom stereocenters. The third-order valence-corrected chi connectivity index (χ3v) is 4.78. The Morgan fingerprint density at radius 3 is 2.64 bits per heavy atom. The first-order valence-electron chi connectivity index (χ1n) is 8.49. The minimum absolute atomic E-state index is 0.265. The highest BCUT2D eigenvalue weighted by atomic mass is 32.1. The number of amides is 2. The van der Waals surface area contributed by atoms with Crippen LogP contribution in [-0.2, 0) is 16.0 Å². The number of anilines is 1. The second-order valence-electron chi connectivity index (χ2n) is 5.84. The summed E-state index contributed by atoms with van der Waals surface area (Å²) in [7, 11) is 1.55. The van der Waals surface area contributed by atoms with Crippen molar-refractivity contribution < 1.29 is 18.7 Å². The summed E-state index contributed by atoms with van der Waals surface area (Å²) in [4.78, 5) is 28.3. The van der Waals surface area contributed by atoms with Gasteiger partial charge in [0.2, 0.25) is 0 Å².